The van der Waals surface area contributed by atoms with E-state index in [0.29, 0.717) is 0 Å². The molecule has 0 amide bonds. The lowest BCUT2D eigenvalue weighted by Crippen LogP contribution is -2.34. The highest BCUT2D eigenvalue weighted by atomic mass is 15.1. The molecule has 0 aromatic carbocycles. The second-order valence-electron chi connectivity index (χ2n) is 3.70. The highest BCUT2D eigenvalue weighted by Crippen LogP contribution is 2.27. The molecule has 2 heteroatoms. The number of hydrogen-bond donors (Lipinski definition) is 0. The van der Waals surface area contributed by atoms with Crippen molar-refractivity contribution in [1.82, 2.24) is 4.90 Å². The van der Waals surface area contributed by atoms with Crippen molar-refractivity contribution in [3.63, 3.8) is 0 Å². The monoisotopic (exact) mass is 139 g/mol. The molecule has 1 heterocycles. The first-order chi connectivity index (χ1) is 4.74. The van der Waals surface area contributed by atoms with E-state index in [1.807, 2.05) is 0 Å². The first-order valence-corrected chi connectivity index (χ1v) is 4.42. The molecule has 0 aromatic heterocycles. The summed E-state index contributed by atoms with van der Waals surface area (Å²) in [6, 6.07) is 0. The summed E-state index contributed by atoms with van der Waals surface area (Å²) in [5.41, 5.74) is 0. The summed E-state index contributed by atoms with van der Waals surface area (Å²) in [5, 5.41) is 0. The van der Waals surface area contributed by atoms with E-state index in [2.05, 4.69) is 26.7 Å². The van der Waals surface area contributed by atoms with E-state index < -0.39 is 0 Å². The van der Waals surface area contributed by atoms with Crippen molar-refractivity contribution in [3.8, 4) is 0 Å². The minimum Gasteiger partial charge on any atom is -0.307 e. The molecule has 0 bridgehead atoms. The van der Waals surface area contributed by atoms with Crippen molar-refractivity contribution in [2.24, 2.45) is 5.92 Å². The van der Waals surface area contributed by atoms with Gasteiger partial charge in [0, 0.05) is 0 Å². The van der Waals surface area contributed by atoms with Gasteiger partial charge in [-0.15, -0.1) is 0 Å². The van der Waals surface area contributed by atoms with Crippen LogP contribution in [0.15, 0.2) is 0 Å². The van der Waals surface area contributed by atoms with Gasteiger partial charge in [-0.05, 0) is 32.5 Å². The maximum absolute atomic E-state index is 2.44. The van der Waals surface area contributed by atoms with Crippen molar-refractivity contribution in [2.45, 2.75) is 25.6 Å². The standard InChI is InChI=1S/C8H18BN/c1-3-7-4-5-10(2)6-8(7)9/h7-8H,3-6,9H2,1-2H3. The molecule has 1 aliphatic rings. The maximum Gasteiger partial charge on any atom is 0.107 e. The Bertz CT molecular complexity index is 105. The number of rotatable bonds is 1. The zero-order chi connectivity index (χ0) is 7.56. The van der Waals surface area contributed by atoms with Crippen LogP contribution in [0.5, 0.6) is 0 Å². The SMILES string of the molecule is BC1CN(C)CCC1CC. The fourth-order valence-corrected chi connectivity index (χ4v) is 2.01. The van der Waals surface area contributed by atoms with Gasteiger partial charge in [-0.25, -0.2) is 0 Å². The first-order valence-electron chi connectivity index (χ1n) is 4.42. The minimum atomic E-state index is 0.920. The van der Waals surface area contributed by atoms with Gasteiger partial charge in [-0.1, -0.05) is 19.2 Å². The summed E-state index contributed by atoms with van der Waals surface area (Å²) in [4.78, 5) is 2.44. The summed E-state index contributed by atoms with van der Waals surface area (Å²) < 4.78 is 0. The van der Waals surface area contributed by atoms with Gasteiger partial charge in [0.1, 0.15) is 7.85 Å². The molecule has 1 nitrogen and oxygen atoms in total. The maximum atomic E-state index is 2.44. The lowest BCUT2D eigenvalue weighted by Gasteiger charge is -2.34. The summed E-state index contributed by atoms with van der Waals surface area (Å²) >= 11 is 0. The van der Waals surface area contributed by atoms with E-state index in [1.54, 1.807) is 0 Å². The fourth-order valence-electron chi connectivity index (χ4n) is 2.01. The third-order valence-electron chi connectivity index (χ3n) is 2.81. The Balaban J connectivity index is 2.36. The molecule has 2 atom stereocenters. The Hall–Kier alpha value is 0.0249. The molecule has 10 heavy (non-hydrogen) atoms. The quantitative estimate of drug-likeness (QED) is 0.485. The van der Waals surface area contributed by atoms with Crippen LogP contribution in [0.3, 0.4) is 0 Å². The number of hydrogen-bond acceptors (Lipinski definition) is 1. The summed E-state index contributed by atoms with van der Waals surface area (Å²) in [6.07, 6.45) is 2.78. The number of piperidine rings is 1. The van der Waals surface area contributed by atoms with Crippen LogP contribution in [0.2, 0.25) is 5.82 Å². The normalized spacial score (nSPS) is 36.2. The molecule has 1 rings (SSSR count). The molecule has 0 saturated carbocycles. The van der Waals surface area contributed by atoms with Gasteiger partial charge < -0.3 is 4.90 Å². The van der Waals surface area contributed by atoms with E-state index in [-0.39, 0.29) is 0 Å². The van der Waals surface area contributed by atoms with Crippen LogP contribution < -0.4 is 0 Å². The average Bonchev–Trinajstić information content (AvgIpc) is 1.88. The van der Waals surface area contributed by atoms with E-state index in [4.69, 9.17) is 0 Å². The molecule has 0 aromatic rings. The van der Waals surface area contributed by atoms with E-state index in [1.165, 1.54) is 25.9 Å². The Kier molecular flexibility index (Phi) is 2.78. The smallest absolute Gasteiger partial charge is 0.107 e. The summed E-state index contributed by atoms with van der Waals surface area (Å²) in [7, 11) is 4.60. The molecule has 1 aliphatic heterocycles. The summed E-state index contributed by atoms with van der Waals surface area (Å²) in [5.74, 6) is 1.92. The van der Waals surface area contributed by atoms with Crippen LogP contribution in [0.1, 0.15) is 19.8 Å². The van der Waals surface area contributed by atoms with E-state index >= 15 is 0 Å². The van der Waals surface area contributed by atoms with Gasteiger partial charge in [-0.2, -0.15) is 0 Å². The van der Waals surface area contributed by atoms with Gasteiger partial charge in [0.15, 0.2) is 0 Å². The lowest BCUT2D eigenvalue weighted by molar-refractivity contribution is 0.217. The van der Waals surface area contributed by atoms with Gasteiger partial charge in [-0.3, -0.25) is 0 Å². The van der Waals surface area contributed by atoms with Crippen LogP contribution in [0.4, 0.5) is 0 Å². The number of nitrogens with zero attached hydrogens (tertiary/aromatic N) is 1. The molecule has 0 spiro atoms. The number of likely N-dealkylation sites (tertiary alicyclic amines) is 1. The van der Waals surface area contributed by atoms with Crippen LogP contribution in [-0.4, -0.2) is 32.9 Å². The van der Waals surface area contributed by atoms with Crippen molar-refractivity contribution in [2.75, 3.05) is 20.1 Å². The summed E-state index contributed by atoms with van der Waals surface area (Å²) in [6.45, 7) is 4.92. The Morgan fingerprint density at radius 1 is 1.60 bits per heavy atom. The van der Waals surface area contributed by atoms with Gasteiger partial charge in [0.05, 0.1) is 0 Å². The molecular weight excluding hydrogens is 121 g/mol. The predicted octanol–water partition coefficient (Wildman–Crippen LogP) is 0.770. The molecule has 2 unspecified atom stereocenters. The highest BCUT2D eigenvalue weighted by Gasteiger charge is 2.21. The minimum absolute atomic E-state index is 0.920. The van der Waals surface area contributed by atoms with Crippen LogP contribution >= 0.6 is 0 Å². The Morgan fingerprint density at radius 3 is 2.80 bits per heavy atom. The molecular formula is C8H18BN. The van der Waals surface area contributed by atoms with Gasteiger partial charge in [0.25, 0.3) is 0 Å². The third kappa shape index (κ3) is 1.75. The van der Waals surface area contributed by atoms with Crippen LogP contribution in [0.25, 0.3) is 0 Å². The van der Waals surface area contributed by atoms with Crippen molar-refractivity contribution < 1.29 is 0 Å². The topological polar surface area (TPSA) is 3.24 Å². The van der Waals surface area contributed by atoms with E-state index in [9.17, 15) is 0 Å². The zero-order valence-corrected chi connectivity index (χ0v) is 7.43. The second-order valence-corrected chi connectivity index (χ2v) is 3.70. The molecule has 1 fully saturated rings. The zero-order valence-electron chi connectivity index (χ0n) is 7.43. The third-order valence-corrected chi connectivity index (χ3v) is 2.81. The van der Waals surface area contributed by atoms with Gasteiger partial charge >= 0.3 is 0 Å². The highest BCUT2D eigenvalue weighted by molar-refractivity contribution is 6.12. The first kappa shape index (κ1) is 8.12. The van der Waals surface area contributed by atoms with Crippen LogP contribution in [-0.2, 0) is 0 Å². The predicted molar refractivity (Wildman–Crippen MR) is 48.2 cm³/mol. The van der Waals surface area contributed by atoms with Gasteiger partial charge in [0.2, 0.25) is 0 Å². The lowest BCUT2D eigenvalue weighted by atomic mass is 9.71. The largest absolute Gasteiger partial charge is 0.307 e. The van der Waals surface area contributed by atoms with E-state index in [0.717, 1.165) is 11.7 Å². The Morgan fingerprint density at radius 2 is 2.30 bits per heavy atom. The van der Waals surface area contributed by atoms with Crippen LogP contribution in [0, 0.1) is 5.92 Å². The molecule has 0 radical (unpaired) electrons. The fraction of sp³-hybridized carbons (Fsp3) is 1.00. The molecule has 58 valence electrons. The average molecular weight is 139 g/mol. The molecule has 0 N–H and O–H groups in total. The van der Waals surface area contributed by atoms with Crippen molar-refractivity contribution >= 4 is 7.85 Å². The van der Waals surface area contributed by atoms with Crippen molar-refractivity contribution in [1.29, 1.82) is 0 Å². The molecule has 1 saturated heterocycles. The Labute approximate surface area is 65.2 Å². The second kappa shape index (κ2) is 3.43. The molecule has 0 aliphatic carbocycles. The van der Waals surface area contributed by atoms with Crippen molar-refractivity contribution in [3.05, 3.63) is 0 Å².